The van der Waals surface area contributed by atoms with Crippen molar-refractivity contribution in [3.63, 3.8) is 0 Å². The summed E-state index contributed by atoms with van der Waals surface area (Å²) in [5.41, 5.74) is 2.66. The van der Waals surface area contributed by atoms with E-state index in [0.29, 0.717) is 6.04 Å². The van der Waals surface area contributed by atoms with Crippen LogP contribution in [0, 0.1) is 13.8 Å². The Morgan fingerprint density at radius 2 is 1.78 bits per heavy atom. The van der Waals surface area contributed by atoms with Gasteiger partial charge in [0.1, 0.15) is 28.8 Å². The smallest absolute Gasteiger partial charge is 0.139 e. The van der Waals surface area contributed by atoms with Crippen LogP contribution in [0.1, 0.15) is 48.0 Å². The molecule has 0 radical (unpaired) electrons. The Balaban J connectivity index is 1.11. The molecule has 2 saturated heterocycles. The van der Waals surface area contributed by atoms with E-state index < -0.39 is 0 Å². The largest absolute Gasteiger partial charge is 0.492 e. The van der Waals surface area contributed by atoms with E-state index in [0.717, 1.165) is 107 Å². The SMILES string of the molecule is CCCc1nc(NC2CCN(Cc3ccc(OCCN4CCOCC4)cc3)CC2)c2c(C)c(C)sc2n1. The Morgan fingerprint density at radius 1 is 1.03 bits per heavy atom. The predicted octanol–water partition coefficient (Wildman–Crippen LogP) is 5.05. The molecule has 0 aliphatic carbocycles. The minimum atomic E-state index is 0.450. The third kappa shape index (κ3) is 6.79. The molecular formula is C29H41N5O2S. The number of likely N-dealkylation sites (tertiary alicyclic amines) is 1. The summed E-state index contributed by atoms with van der Waals surface area (Å²) in [6.45, 7) is 15.1. The first-order valence-corrected chi connectivity index (χ1v) is 14.7. The number of nitrogens with zero attached hydrogens (tertiary/aromatic N) is 4. The van der Waals surface area contributed by atoms with E-state index in [1.165, 1.54) is 21.4 Å². The third-order valence-corrected chi connectivity index (χ3v) is 8.69. The Kier molecular flexibility index (Phi) is 8.92. The van der Waals surface area contributed by atoms with Gasteiger partial charge in [-0.1, -0.05) is 19.1 Å². The summed E-state index contributed by atoms with van der Waals surface area (Å²) in [6, 6.07) is 9.10. The molecular weight excluding hydrogens is 482 g/mol. The summed E-state index contributed by atoms with van der Waals surface area (Å²) in [5, 5.41) is 5.03. The molecule has 37 heavy (non-hydrogen) atoms. The van der Waals surface area contributed by atoms with Gasteiger partial charge in [-0.2, -0.15) is 0 Å². The highest BCUT2D eigenvalue weighted by atomic mass is 32.1. The van der Waals surface area contributed by atoms with E-state index >= 15 is 0 Å². The van der Waals surface area contributed by atoms with Gasteiger partial charge >= 0.3 is 0 Å². The first kappa shape index (κ1) is 26.4. The Labute approximate surface area is 225 Å². The maximum Gasteiger partial charge on any atom is 0.139 e. The molecule has 2 aliphatic rings. The van der Waals surface area contributed by atoms with Crippen LogP contribution >= 0.6 is 11.3 Å². The lowest BCUT2D eigenvalue weighted by Crippen LogP contribution is -2.39. The minimum absolute atomic E-state index is 0.450. The number of rotatable bonds is 10. The number of fused-ring (bicyclic) bond motifs is 1. The second-order valence-corrected chi connectivity index (χ2v) is 11.5. The number of hydrogen-bond acceptors (Lipinski definition) is 8. The van der Waals surface area contributed by atoms with E-state index in [2.05, 4.69) is 60.2 Å². The zero-order chi connectivity index (χ0) is 25.6. The summed E-state index contributed by atoms with van der Waals surface area (Å²) in [6.07, 6.45) is 4.24. The highest BCUT2D eigenvalue weighted by Crippen LogP contribution is 2.34. The topological polar surface area (TPSA) is 62.8 Å². The van der Waals surface area contributed by atoms with Crippen LogP contribution in [0.15, 0.2) is 24.3 Å². The molecule has 0 saturated carbocycles. The van der Waals surface area contributed by atoms with Crippen molar-refractivity contribution in [2.45, 2.75) is 59.0 Å². The van der Waals surface area contributed by atoms with E-state index in [1.807, 2.05) is 0 Å². The molecule has 2 aliphatic heterocycles. The maximum atomic E-state index is 5.97. The molecule has 3 aromatic rings. The van der Waals surface area contributed by atoms with Crippen LogP contribution in [0.2, 0.25) is 0 Å². The molecule has 0 bridgehead atoms. The second kappa shape index (κ2) is 12.5. The van der Waals surface area contributed by atoms with Gasteiger partial charge in [-0.25, -0.2) is 9.97 Å². The number of benzene rings is 1. The van der Waals surface area contributed by atoms with Crippen LogP contribution in [-0.2, 0) is 17.7 Å². The number of nitrogens with one attached hydrogen (secondary N) is 1. The lowest BCUT2D eigenvalue weighted by Gasteiger charge is -2.32. The fraction of sp³-hybridized carbons (Fsp3) is 0.586. The third-order valence-electron chi connectivity index (χ3n) is 7.59. The van der Waals surface area contributed by atoms with Crippen LogP contribution in [-0.4, -0.2) is 78.4 Å². The van der Waals surface area contributed by atoms with E-state index in [-0.39, 0.29) is 0 Å². The summed E-state index contributed by atoms with van der Waals surface area (Å²) in [7, 11) is 0. The van der Waals surface area contributed by atoms with Crippen molar-refractivity contribution in [1.29, 1.82) is 0 Å². The molecule has 2 aromatic heterocycles. The number of piperidine rings is 1. The van der Waals surface area contributed by atoms with Crippen LogP contribution in [0.5, 0.6) is 5.75 Å². The second-order valence-electron chi connectivity index (χ2n) is 10.3. The minimum Gasteiger partial charge on any atom is -0.492 e. The Morgan fingerprint density at radius 3 is 2.51 bits per heavy atom. The Bertz CT molecular complexity index is 1150. The fourth-order valence-corrected chi connectivity index (χ4v) is 6.28. The van der Waals surface area contributed by atoms with Crippen molar-refractivity contribution in [3.05, 3.63) is 46.1 Å². The molecule has 4 heterocycles. The summed E-state index contributed by atoms with van der Waals surface area (Å²) in [4.78, 5) is 17.2. The number of thiophene rings is 1. The van der Waals surface area contributed by atoms with E-state index in [1.54, 1.807) is 11.3 Å². The monoisotopic (exact) mass is 523 g/mol. The van der Waals surface area contributed by atoms with Crippen molar-refractivity contribution in [2.75, 3.05) is 57.9 Å². The average Bonchev–Trinajstić information content (AvgIpc) is 3.20. The van der Waals surface area contributed by atoms with Gasteiger partial charge in [0.15, 0.2) is 0 Å². The molecule has 0 unspecified atom stereocenters. The first-order chi connectivity index (χ1) is 18.1. The van der Waals surface area contributed by atoms with Crippen LogP contribution in [0.4, 0.5) is 5.82 Å². The quantitative estimate of drug-likeness (QED) is 0.399. The van der Waals surface area contributed by atoms with E-state index in [9.17, 15) is 0 Å². The van der Waals surface area contributed by atoms with Gasteiger partial charge in [0.2, 0.25) is 0 Å². The molecule has 5 rings (SSSR count). The van der Waals surface area contributed by atoms with Crippen LogP contribution in [0.25, 0.3) is 10.2 Å². The number of aryl methyl sites for hydroxylation is 3. The van der Waals surface area contributed by atoms with Gasteiger partial charge in [-0.15, -0.1) is 11.3 Å². The van der Waals surface area contributed by atoms with Gasteiger partial charge in [-0.05, 0) is 56.4 Å². The summed E-state index contributed by atoms with van der Waals surface area (Å²) >= 11 is 1.79. The zero-order valence-electron chi connectivity index (χ0n) is 22.6. The van der Waals surface area contributed by atoms with Crippen molar-refractivity contribution in [1.82, 2.24) is 19.8 Å². The molecule has 8 heteroatoms. The van der Waals surface area contributed by atoms with Crippen molar-refractivity contribution < 1.29 is 9.47 Å². The van der Waals surface area contributed by atoms with Gasteiger partial charge in [-0.3, -0.25) is 9.80 Å². The summed E-state index contributed by atoms with van der Waals surface area (Å²) in [5.74, 6) is 2.96. The number of anilines is 1. The lowest BCUT2D eigenvalue weighted by atomic mass is 10.0. The maximum absolute atomic E-state index is 5.97. The first-order valence-electron chi connectivity index (χ1n) is 13.9. The van der Waals surface area contributed by atoms with E-state index in [4.69, 9.17) is 19.4 Å². The van der Waals surface area contributed by atoms with Gasteiger partial charge in [0.05, 0.1) is 18.6 Å². The highest BCUT2D eigenvalue weighted by molar-refractivity contribution is 7.18. The van der Waals surface area contributed by atoms with Crippen molar-refractivity contribution in [3.8, 4) is 5.75 Å². The molecule has 0 spiro atoms. The van der Waals surface area contributed by atoms with Crippen LogP contribution in [0.3, 0.4) is 0 Å². The molecule has 7 nitrogen and oxygen atoms in total. The van der Waals surface area contributed by atoms with Gasteiger partial charge < -0.3 is 14.8 Å². The Hall–Kier alpha value is -2.26. The molecule has 0 atom stereocenters. The molecule has 1 aromatic carbocycles. The predicted molar refractivity (Wildman–Crippen MR) is 152 cm³/mol. The van der Waals surface area contributed by atoms with Crippen molar-refractivity contribution in [2.24, 2.45) is 0 Å². The van der Waals surface area contributed by atoms with Crippen molar-refractivity contribution >= 4 is 27.4 Å². The fourth-order valence-electron chi connectivity index (χ4n) is 5.23. The highest BCUT2D eigenvalue weighted by Gasteiger charge is 2.22. The molecule has 0 amide bonds. The standard InChI is InChI=1S/C29H41N5O2S/c1-4-5-26-31-28(27-21(2)22(3)37-29(27)32-26)30-24-10-12-34(13-11-24)20-23-6-8-25(9-7-23)36-19-16-33-14-17-35-18-15-33/h6-9,24H,4-5,10-20H2,1-3H3,(H,30,31,32). The zero-order valence-corrected chi connectivity index (χ0v) is 23.4. The van der Waals surface area contributed by atoms with Gasteiger partial charge in [0, 0.05) is 56.6 Å². The molecule has 2 fully saturated rings. The van der Waals surface area contributed by atoms with Crippen LogP contribution < -0.4 is 10.1 Å². The summed E-state index contributed by atoms with van der Waals surface area (Å²) < 4.78 is 11.4. The average molecular weight is 524 g/mol. The number of morpholine rings is 1. The number of ether oxygens (including phenoxy) is 2. The number of aromatic nitrogens is 2. The molecule has 1 N–H and O–H groups in total. The lowest BCUT2D eigenvalue weighted by molar-refractivity contribution is 0.0322. The van der Waals surface area contributed by atoms with Gasteiger partial charge in [0.25, 0.3) is 0 Å². The molecule has 200 valence electrons. The number of hydrogen-bond donors (Lipinski definition) is 1. The normalized spacial score (nSPS) is 17.9.